The van der Waals surface area contributed by atoms with Crippen LogP contribution in [-0.2, 0) is 15.7 Å². The summed E-state index contributed by atoms with van der Waals surface area (Å²) >= 11 is 5.64. The maximum Gasteiger partial charge on any atom is 0.417 e. The first kappa shape index (κ1) is 14.9. The number of benzene rings is 1. The van der Waals surface area contributed by atoms with E-state index in [1.807, 2.05) is 4.90 Å². The summed E-state index contributed by atoms with van der Waals surface area (Å²) in [6, 6.07) is 4.02. The summed E-state index contributed by atoms with van der Waals surface area (Å²) in [6.45, 7) is 2.36. The van der Waals surface area contributed by atoms with Crippen molar-refractivity contribution in [2.24, 2.45) is 0 Å². The number of ether oxygens (including phenoxy) is 2. The van der Waals surface area contributed by atoms with Gasteiger partial charge in [0.2, 0.25) is 0 Å². The van der Waals surface area contributed by atoms with Crippen LogP contribution in [-0.4, -0.2) is 32.1 Å². The predicted octanol–water partition coefficient (Wildman–Crippen LogP) is 3.70. The van der Waals surface area contributed by atoms with Crippen molar-refractivity contribution < 1.29 is 22.6 Å². The molecule has 2 heterocycles. The first-order chi connectivity index (χ1) is 9.90. The lowest BCUT2D eigenvalue weighted by molar-refractivity contribution is -0.169. The lowest BCUT2D eigenvalue weighted by atomic mass is 10.0. The standard InChI is InChI=1S/C14H15ClF3NO2/c15-12-2-1-10(9-11(12)14(16,17)18)19-5-3-13(4-6-19)20-7-8-21-13/h1-2,9H,3-8H2. The first-order valence-corrected chi connectivity index (χ1v) is 7.17. The van der Waals surface area contributed by atoms with E-state index < -0.39 is 17.5 Å². The van der Waals surface area contributed by atoms with E-state index in [0.29, 0.717) is 44.8 Å². The summed E-state index contributed by atoms with van der Waals surface area (Å²) < 4.78 is 49.9. The molecule has 0 aliphatic carbocycles. The van der Waals surface area contributed by atoms with Crippen molar-refractivity contribution in [2.75, 3.05) is 31.2 Å². The van der Waals surface area contributed by atoms with Crippen molar-refractivity contribution in [1.29, 1.82) is 0 Å². The second-order valence-electron chi connectivity index (χ2n) is 5.26. The van der Waals surface area contributed by atoms with Crippen LogP contribution in [0.3, 0.4) is 0 Å². The first-order valence-electron chi connectivity index (χ1n) is 6.79. The Bertz CT molecular complexity index is 519. The number of nitrogens with zero attached hydrogens (tertiary/aromatic N) is 1. The lowest BCUT2D eigenvalue weighted by Crippen LogP contribution is -2.45. The van der Waals surface area contributed by atoms with E-state index in [1.165, 1.54) is 6.07 Å². The summed E-state index contributed by atoms with van der Waals surface area (Å²) in [4.78, 5) is 1.90. The largest absolute Gasteiger partial charge is 0.417 e. The minimum atomic E-state index is -4.44. The number of hydrogen-bond donors (Lipinski definition) is 0. The summed E-state index contributed by atoms with van der Waals surface area (Å²) in [5.74, 6) is -0.532. The third-order valence-electron chi connectivity index (χ3n) is 3.96. The fraction of sp³-hybridized carbons (Fsp3) is 0.571. The zero-order valence-corrected chi connectivity index (χ0v) is 12.0. The van der Waals surface area contributed by atoms with Crippen LogP contribution in [0.4, 0.5) is 18.9 Å². The van der Waals surface area contributed by atoms with Crippen molar-refractivity contribution in [2.45, 2.75) is 24.8 Å². The number of anilines is 1. The fourth-order valence-corrected chi connectivity index (χ4v) is 3.04. The van der Waals surface area contributed by atoms with Gasteiger partial charge >= 0.3 is 6.18 Å². The highest BCUT2D eigenvalue weighted by Crippen LogP contribution is 2.38. The summed E-state index contributed by atoms with van der Waals surface area (Å²) in [5, 5.41) is -0.276. The fourth-order valence-electron chi connectivity index (χ4n) is 2.82. The molecule has 3 nitrogen and oxygen atoms in total. The minimum Gasteiger partial charge on any atom is -0.371 e. The van der Waals surface area contributed by atoms with Gasteiger partial charge in [-0.25, -0.2) is 0 Å². The number of rotatable bonds is 1. The van der Waals surface area contributed by atoms with Crippen molar-refractivity contribution in [3.63, 3.8) is 0 Å². The van der Waals surface area contributed by atoms with Crippen molar-refractivity contribution in [3.05, 3.63) is 28.8 Å². The molecule has 0 bridgehead atoms. The van der Waals surface area contributed by atoms with Gasteiger partial charge in [0, 0.05) is 31.6 Å². The molecule has 0 radical (unpaired) electrons. The Balaban J connectivity index is 1.76. The number of hydrogen-bond acceptors (Lipinski definition) is 3. The van der Waals surface area contributed by atoms with Gasteiger partial charge in [0.15, 0.2) is 5.79 Å². The Hall–Kier alpha value is -0.980. The van der Waals surface area contributed by atoms with E-state index in [0.717, 1.165) is 6.07 Å². The molecule has 0 N–H and O–H groups in total. The maximum atomic E-state index is 12.9. The average Bonchev–Trinajstić information content (AvgIpc) is 2.87. The molecule has 1 aromatic carbocycles. The zero-order valence-electron chi connectivity index (χ0n) is 11.3. The van der Waals surface area contributed by atoms with Crippen molar-refractivity contribution >= 4 is 17.3 Å². The SMILES string of the molecule is FC(F)(F)c1cc(N2CCC3(CC2)OCCO3)ccc1Cl. The monoisotopic (exact) mass is 321 g/mol. The Morgan fingerprint density at radius 2 is 1.71 bits per heavy atom. The summed E-state index contributed by atoms with van der Waals surface area (Å²) in [6.07, 6.45) is -3.14. The molecule has 0 amide bonds. The van der Waals surface area contributed by atoms with Gasteiger partial charge < -0.3 is 14.4 Å². The van der Waals surface area contributed by atoms with Crippen LogP contribution in [0.25, 0.3) is 0 Å². The molecule has 2 saturated heterocycles. The molecule has 21 heavy (non-hydrogen) atoms. The molecule has 116 valence electrons. The zero-order chi connectivity index (χ0) is 15.1. The quantitative estimate of drug-likeness (QED) is 0.787. The summed E-state index contributed by atoms with van der Waals surface area (Å²) in [5.41, 5.74) is -0.269. The molecule has 2 fully saturated rings. The topological polar surface area (TPSA) is 21.7 Å². The van der Waals surface area contributed by atoms with Gasteiger partial charge in [0.1, 0.15) is 0 Å². The second-order valence-corrected chi connectivity index (χ2v) is 5.66. The van der Waals surface area contributed by atoms with Crippen molar-refractivity contribution in [3.8, 4) is 0 Å². The highest BCUT2D eigenvalue weighted by Gasteiger charge is 2.40. The van der Waals surface area contributed by atoms with Gasteiger partial charge in [0.05, 0.1) is 23.8 Å². The normalized spacial score (nSPS) is 22.0. The van der Waals surface area contributed by atoms with E-state index in [-0.39, 0.29) is 5.02 Å². The van der Waals surface area contributed by atoms with Gasteiger partial charge in [-0.2, -0.15) is 13.2 Å². The van der Waals surface area contributed by atoms with E-state index in [9.17, 15) is 13.2 Å². The highest BCUT2D eigenvalue weighted by atomic mass is 35.5. The third kappa shape index (κ3) is 2.98. The smallest absolute Gasteiger partial charge is 0.371 e. The number of halogens is 4. The Kier molecular flexibility index (Phi) is 3.80. The molecule has 0 aromatic heterocycles. The van der Waals surface area contributed by atoms with E-state index in [2.05, 4.69) is 0 Å². The molecular weight excluding hydrogens is 307 g/mol. The molecular formula is C14H15ClF3NO2. The Morgan fingerprint density at radius 1 is 1.10 bits per heavy atom. The molecule has 3 rings (SSSR count). The van der Waals surface area contributed by atoms with Crippen LogP contribution in [0.2, 0.25) is 5.02 Å². The van der Waals surface area contributed by atoms with Crippen molar-refractivity contribution in [1.82, 2.24) is 0 Å². The van der Waals surface area contributed by atoms with E-state index in [4.69, 9.17) is 21.1 Å². The molecule has 1 aromatic rings. The second kappa shape index (κ2) is 5.34. The van der Waals surface area contributed by atoms with Gasteiger partial charge in [-0.05, 0) is 18.2 Å². The summed E-state index contributed by atoms with van der Waals surface area (Å²) in [7, 11) is 0. The third-order valence-corrected chi connectivity index (χ3v) is 4.29. The minimum absolute atomic E-state index is 0.276. The lowest BCUT2D eigenvalue weighted by Gasteiger charge is -2.38. The number of alkyl halides is 3. The molecule has 0 unspecified atom stereocenters. The number of piperidine rings is 1. The molecule has 7 heteroatoms. The van der Waals surface area contributed by atoms with Crippen LogP contribution in [0, 0.1) is 0 Å². The van der Waals surface area contributed by atoms with Crippen LogP contribution >= 0.6 is 11.6 Å². The molecule has 2 aliphatic heterocycles. The average molecular weight is 322 g/mol. The van der Waals surface area contributed by atoms with E-state index in [1.54, 1.807) is 6.07 Å². The highest BCUT2D eigenvalue weighted by molar-refractivity contribution is 6.31. The van der Waals surface area contributed by atoms with Crippen LogP contribution < -0.4 is 4.90 Å². The molecule has 1 spiro atoms. The van der Waals surface area contributed by atoms with Gasteiger partial charge in [-0.3, -0.25) is 0 Å². The molecule has 2 aliphatic rings. The predicted molar refractivity (Wildman–Crippen MR) is 72.5 cm³/mol. The van der Waals surface area contributed by atoms with Crippen LogP contribution in [0.1, 0.15) is 18.4 Å². The van der Waals surface area contributed by atoms with E-state index >= 15 is 0 Å². The Labute approximate surface area is 125 Å². The van der Waals surface area contributed by atoms with Gasteiger partial charge in [-0.1, -0.05) is 11.6 Å². The van der Waals surface area contributed by atoms with Gasteiger partial charge in [0.25, 0.3) is 0 Å². The van der Waals surface area contributed by atoms with Gasteiger partial charge in [-0.15, -0.1) is 0 Å². The molecule has 0 atom stereocenters. The van der Waals surface area contributed by atoms with Crippen LogP contribution in [0.15, 0.2) is 18.2 Å². The Morgan fingerprint density at radius 3 is 2.29 bits per heavy atom. The molecule has 0 saturated carbocycles. The maximum absolute atomic E-state index is 12.9. The van der Waals surface area contributed by atoms with Crippen LogP contribution in [0.5, 0.6) is 0 Å².